The minimum Gasteiger partial charge on any atom is -0.310 e. The Morgan fingerprint density at radius 2 is 1.92 bits per heavy atom. The van der Waals surface area contributed by atoms with E-state index in [0.29, 0.717) is 25.6 Å². The van der Waals surface area contributed by atoms with Crippen molar-refractivity contribution in [2.75, 3.05) is 24.5 Å². The molecular weight excluding hydrogens is 298 g/mol. The van der Waals surface area contributed by atoms with Gasteiger partial charge in [-0.25, -0.2) is 0 Å². The Bertz CT molecular complexity index is 578. The van der Waals surface area contributed by atoms with Crippen molar-refractivity contribution in [3.05, 3.63) is 30.3 Å². The molecule has 0 aromatic heterocycles. The third kappa shape index (κ3) is 3.96. The van der Waals surface area contributed by atoms with Crippen molar-refractivity contribution in [3.8, 4) is 6.07 Å². The number of nitriles is 1. The van der Waals surface area contributed by atoms with Crippen LogP contribution in [0.1, 0.15) is 44.9 Å². The number of anilines is 1. The number of carbonyl (C=O) groups excluding carboxylic acids is 1. The van der Waals surface area contributed by atoms with Crippen LogP contribution in [0, 0.1) is 17.2 Å². The lowest BCUT2D eigenvalue weighted by Crippen LogP contribution is -2.51. The van der Waals surface area contributed by atoms with Gasteiger partial charge in [0, 0.05) is 18.3 Å². The lowest BCUT2D eigenvalue weighted by atomic mass is 9.78. The van der Waals surface area contributed by atoms with Gasteiger partial charge in [0.15, 0.2) is 0 Å². The molecule has 128 valence electrons. The van der Waals surface area contributed by atoms with Crippen molar-refractivity contribution < 1.29 is 4.79 Å². The van der Waals surface area contributed by atoms with Gasteiger partial charge in [0.1, 0.15) is 0 Å². The summed E-state index contributed by atoms with van der Waals surface area (Å²) < 4.78 is 0. The number of carbonyl (C=O) groups is 1. The molecule has 4 heteroatoms. The van der Waals surface area contributed by atoms with Crippen LogP contribution in [0.3, 0.4) is 0 Å². The van der Waals surface area contributed by atoms with Crippen LogP contribution in [0.25, 0.3) is 0 Å². The molecule has 24 heavy (non-hydrogen) atoms. The Morgan fingerprint density at radius 3 is 2.71 bits per heavy atom. The number of fused-ring (bicyclic) bond motifs is 1. The van der Waals surface area contributed by atoms with Gasteiger partial charge < -0.3 is 4.90 Å². The molecule has 1 aromatic rings. The number of rotatable bonds is 5. The van der Waals surface area contributed by atoms with Crippen molar-refractivity contribution >= 4 is 11.6 Å². The van der Waals surface area contributed by atoms with Crippen LogP contribution in [-0.2, 0) is 4.79 Å². The van der Waals surface area contributed by atoms with E-state index in [0.717, 1.165) is 18.2 Å². The number of hydrogen-bond acceptors (Lipinski definition) is 3. The number of likely N-dealkylation sites (tertiary alicyclic amines) is 1. The van der Waals surface area contributed by atoms with E-state index >= 15 is 0 Å². The lowest BCUT2D eigenvalue weighted by molar-refractivity contribution is -0.121. The topological polar surface area (TPSA) is 47.3 Å². The summed E-state index contributed by atoms with van der Waals surface area (Å²) in [5.74, 6) is 0.909. The third-order valence-corrected chi connectivity index (χ3v) is 5.51. The zero-order chi connectivity index (χ0) is 16.8. The van der Waals surface area contributed by atoms with Crippen molar-refractivity contribution in [2.45, 2.75) is 51.0 Å². The molecule has 2 aliphatic rings. The fourth-order valence-electron chi connectivity index (χ4n) is 4.35. The second-order valence-electron chi connectivity index (χ2n) is 7.01. The van der Waals surface area contributed by atoms with Gasteiger partial charge in [-0.15, -0.1) is 0 Å². The van der Waals surface area contributed by atoms with E-state index in [1.807, 2.05) is 30.3 Å². The van der Waals surface area contributed by atoms with Crippen molar-refractivity contribution in [1.82, 2.24) is 4.90 Å². The van der Waals surface area contributed by atoms with Crippen LogP contribution in [-0.4, -0.2) is 36.5 Å². The molecule has 1 amide bonds. The molecule has 1 saturated heterocycles. The highest BCUT2D eigenvalue weighted by molar-refractivity contribution is 5.94. The fraction of sp³-hybridized carbons (Fsp3) is 0.600. The summed E-state index contributed by atoms with van der Waals surface area (Å²) in [4.78, 5) is 17.2. The second-order valence-corrected chi connectivity index (χ2v) is 7.01. The molecule has 1 aromatic carbocycles. The highest BCUT2D eigenvalue weighted by Gasteiger charge is 2.34. The van der Waals surface area contributed by atoms with E-state index in [2.05, 4.69) is 11.0 Å². The van der Waals surface area contributed by atoms with E-state index in [4.69, 9.17) is 5.26 Å². The molecule has 0 spiro atoms. The van der Waals surface area contributed by atoms with Crippen LogP contribution in [0.2, 0.25) is 0 Å². The zero-order valence-electron chi connectivity index (χ0n) is 14.4. The second kappa shape index (κ2) is 8.30. The molecule has 0 bridgehead atoms. The number of nitrogens with zero attached hydrogens (tertiary/aromatic N) is 3. The van der Waals surface area contributed by atoms with Gasteiger partial charge in [0.05, 0.1) is 19.0 Å². The van der Waals surface area contributed by atoms with Crippen LogP contribution in [0.5, 0.6) is 0 Å². The number of para-hydroxylation sites is 1. The smallest absolute Gasteiger partial charge is 0.241 e. The summed E-state index contributed by atoms with van der Waals surface area (Å²) in [6, 6.07) is 12.5. The first-order valence-corrected chi connectivity index (χ1v) is 9.26. The Labute approximate surface area is 145 Å². The van der Waals surface area contributed by atoms with E-state index in [9.17, 15) is 4.79 Å². The maximum atomic E-state index is 13.0. The quantitative estimate of drug-likeness (QED) is 0.831. The molecule has 2 atom stereocenters. The molecule has 0 radical (unpaired) electrons. The average Bonchev–Trinajstić information content (AvgIpc) is 2.63. The Hall–Kier alpha value is -1.86. The standard InChI is InChI=1S/C20H27N3O/c21-13-7-15-23(18-10-2-1-3-11-18)20(24)16-22-14-6-9-17-8-4-5-12-19(17)22/h1-3,10-11,17,19H,4-9,12,14-16H2. The predicted octanol–water partition coefficient (Wildman–Crippen LogP) is 3.59. The van der Waals surface area contributed by atoms with Gasteiger partial charge >= 0.3 is 0 Å². The van der Waals surface area contributed by atoms with Gasteiger partial charge in [0.25, 0.3) is 0 Å². The third-order valence-electron chi connectivity index (χ3n) is 5.51. The average molecular weight is 325 g/mol. The molecular formula is C20H27N3O. The van der Waals surface area contributed by atoms with Gasteiger partial charge in [-0.2, -0.15) is 5.26 Å². The normalized spacial score (nSPS) is 24.0. The predicted molar refractivity (Wildman–Crippen MR) is 95.6 cm³/mol. The highest BCUT2D eigenvalue weighted by atomic mass is 16.2. The first-order chi connectivity index (χ1) is 11.8. The van der Waals surface area contributed by atoms with Gasteiger partial charge in [0.2, 0.25) is 5.91 Å². The Morgan fingerprint density at radius 1 is 1.17 bits per heavy atom. The minimum atomic E-state index is 0.127. The molecule has 1 aliphatic carbocycles. The zero-order valence-corrected chi connectivity index (χ0v) is 14.4. The summed E-state index contributed by atoms with van der Waals surface area (Å²) in [5, 5.41) is 8.92. The maximum Gasteiger partial charge on any atom is 0.241 e. The van der Waals surface area contributed by atoms with Crippen molar-refractivity contribution in [1.29, 1.82) is 5.26 Å². The van der Waals surface area contributed by atoms with E-state index in [-0.39, 0.29) is 5.91 Å². The Balaban J connectivity index is 1.69. The molecule has 1 aliphatic heterocycles. The maximum absolute atomic E-state index is 13.0. The van der Waals surface area contributed by atoms with Crippen molar-refractivity contribution in [2.24, 2.45) is 5.92 Å². The van der Waals surface area contributed by atoms with E-state index in [1.54, 1.807) is 4.90 Å². The molecule has 1 heterocycles. The number of hydrogen-bond donors (Lipinski definition) is 0. The Kier molecular flexibility index (Phi) is 5.87. The van der Waals surface area contributed by atoms with E-state index < -0.39 is 0 Å². The van der Waals surface area contributed by atoms with Gasteiger partial charge in [-0.1, -0.05) is 31.0 Å². The monoisotopic (exact) mass is 325 g/mol. The summed E-state index contributed by atoms with van der Waals surface area (Å²) in [7, 11) is 0. The number of piperidine rings is 1. The number of amides is 1. The van der Waals surface area contributed by atoms with E-state index in [1.165, 1.54) is 38.5 Å². The van der Waals surface area contributed by atoms with Gasteiger partial charge in [-0.3, -0.25) is 9.69 Å². The first kappa shape index (κ1) is 17.0. The van der Waals surface area contributed by atoms with Crippen LogP contribution >= 0.6 is 0 Å². The molecule has 2 fully saturated rings. The SMILES string of the molecule is N#CCCN(C(=O)CN1CCCC2CCCCC21)c1ccccc1. The van der Waals surface area contributed by atoms with Crippen LogP contribution in [0.4, 0.5) is 5.69 Å². The molecule has 3 rings (SSSR count). The first-order valence-electron chi connectivity index (χ1n) is 9.26. The molecule has 2 unspecified atom stereocenters. The summed E-state index contributed by atoms with van der Waals surface area (Å²) in [6.45, 7) is 2.00. The molecule has 4 nitrogen and oxygen atoms in total. The summed E-state index contributed by atoms with van der Waals surface area (Å²) in [6.07, 6.45) is 8.11. The van der Waals surface area contributed by atoms with Crippen LogP contribution < -0.4 is 4.90 Å². The molecule has 0 N–H and O–H groups in total. The fourth-order valence-corrected chi connectivity index (χ4v) is 4.35. The highest BCUT2D eigenvalue weighted by Crippen LogP contribution is 2.35. The largest absolute Gasteiger partial charge is 0.310 e. The minimum absolute atomic E-state index is 0.127. The molecule has 1 saturated carbocycles. The summed E-state index contributed by atoms with van der Waals surface area (Å²) >= 11 is 0. The van der Waals surface area contributed by atoms with Crippen LogP contribution in [0.15, 0.2) is 30.3 Å². The lowest BCUT2D eigenvalue weighted by Gasteiger charge is -2.44. The number of benzene rings is 1. The summed E-state index contributed by atoms with van der Waals surface area (Å²) in [5.41, 5.74) is 0.898. The van der Waals surface area contributed by atoms with Crippen molar-refractivity contribution in [3.63, 3.8) is 0 Å². The van der Waals surface area contributed by atoms with Gasteiger partial charge in [-0.05, 0) is 50.3 Å².